The van der Waals surface area contributed by atoms with Crippen LogP contribution in [0.2, 0.25) is 0 Å². The zero-order valence-electron chi connectivity index (χ0n) is 11.7. The third-order valence-corrected chi connectivity index (χ3v) is 3.19. The van der Waals surface area contributed by atoms with Crippen LogP contribution < -0.4 is 10.6 Å². The van der Waals surface area contributed by atoms with Gasteiger partial charge in [-0.1, -0.05) is 20.3 Å². The molecule has 0 saturated heterocycles. The highest BCUT2D eigenvalue weighted by Gasteiger charge is 2.17. The first kappa shape index (κ1) is 16.4. The molecule has 0 aliphatic rings. The monoisotopic (exact) mass is 244 g/mol. The van der Waals surface area contributed by atoms with Gasteiger partial charge in [-0.2, -0.15) is 0 Å². The van der Waals surface area contributed by atoms with Crippen LogP contribution in [0.1, 0.15) is 47.0 Å². The molecule has 1 amide bonds. The molecule has 4 heteroatoms. The second-order valence-corrected chi connectivity index (χ2v) is 5.20. The number of nitrogens with one attached hydrogen (secondary N) is 2. The summed E-state index contributed by atoms with van der Waals surface area (Å²) in [5.74, 6) is 0.489. The minimum Gasteiger partial charge on any atom is -0.396 e. The summed E-state index contributed by atoms with van der Waals surface area (Å²) in [7, 11) is 0. The van der Waals surface area contributed by atoms with E-state index in [2.05, 4.69) is 24.5 Å². The normalized spacial score (nSPS) is 13.5. The molecule has 0 saturated carbocycles. The second-order valence-electron chi connectivity index (χ2n) is 5.20. The molecule has 0 aromatic carbocycles. The van der Waals surface area contributed by atoms with Gasteiger partial charge in [-0.15, -0.1) is 0 Å². The van der Waals surface area contributed by atoms with Crippen LogP contribution in [0.3, 0.4) is 0 Å². The number of amides is 1. The third-order valence-electron chi connectivity index (χ3n) is 3.19. The number of rotatable bonds is 9. The fraction of sp³-hybridized carbons (Fsp3) is 0.923. The van der Waals surface area contributed by atoms with Gasteiger partial charge in [0.15, 0.2) is 0 Å². The van der Waals surface area contributed by atoms with Gasteiger partial charge in [0.25, 0.3) is 0 Å². The van der Waals surface area contributed by atoms with E-state index in [4.69, 9.17) is 5.11 Å². The minimum absolute atomic E-state index is 0.0377. The van der Waals surface area contributed by atoms with Crippen LogP contribution in [0.25, 0.3) is 0 Å². The summed E-state index contributed by atoms with van der Waals surface area (Å²) < 4.78 is 0. The van der Waals surface area contributed by atoms with E-state index in [0.717, 1.165) is 25.8 Å². The van der Waals surface area contributed by atoms with Crippen LogP contribution in [-0.2, 0) is 4.79 Å². The number of aliphatic hydroxyl groups excluding tert-OH is 1. The maximum absolute atomic E-state index is 11.6. The summed E-state index contributed by atoms with van der Waals surface area (Å²) in [5.41, 5.74) is -0.131. The maximum atomic E-state index is 11.6. The zero-order chi connectivity index (χ0) is 13.3. The van der Waals surface area contributed by atoms with Gasteiger partial charge in [-0.3, -0.25) is 4.79 Å². The van der Waals surface area contributed by atoms with Crippen LogP contribution >= 0.6 is 0 Å². The van der Waals surface area contributed by atoms with Crippen LogP contribution in [-0.4, -0.2) is 36.2 Å². The predicted octanol–water partition coefficient (Wildman–Crippen LogP) is 1.29. The van der Waals surface area contributed by atoms with Crippen molar-refractivity contribution in [2.45, 2.75) is 52.5 Å². The fourth-order valence-corrected chi connectivity index (χ4v) is 1.53. The Kier molecular flexibility index (Phi) is 8.17. The van der Waals surface area contributed by atoms with Gasteiger partial charge in [0.2, 0.25) is 5.91 Å². The first-order valence-electron chi connectivity index (χ1n) is 6.57. The number of hydrogen-bond acceptors (Lipinski definition) is 3. The number of carbonyl (C=O) groups is 1. The van der Waals surface area contributed by atoms with Gasteiger partial charge in [0.05, 0.1) is 6.54 Å². The predicted molar refractivity (Wildman–Crippen MR) is 70.9 cm³/mol. The van der Waals surface area contributed by atoms with Crippen molar-refractivity contribution in [2.75, 3.05) is 19.7 Å². The highest BCUT2D eigenvalue weighted by Crippen LogP contribution is 2.07. The average molecular weight is 244 g/mol. The molecule has 0 aliphatic carbocycles. The molecule has 3 N–H and O–H groups in total. The summed E-state index contributed by atoms with van der Waals surface area (Å²) in [6.07, 6.45) is 2.74. The molecule has 0 aromatic rings. The minimum atomic E-state index is -0.131. The van der Waals surface area contributed by atoms with E-state index in [1.807, 2.05) is 13.8 Å². The number of hydrogen-bond donors (Lipinski definition) is 3. The standard InChI is InChI=1S/C13H28N2O2/c1-5-11(7-8-16)9-14-10-12(17)15-13(3,4)6-2/h11,14,16H,5-10H2,1-4H3,(H,15,17). The molecule has 4 nitrogen and oxygen atoms in total. The maximum Gasteiger partial charge on any atom is 0.234 e. The van der Waals surface area contributed by atoms with E-state index >= 15 is 0 Å². The van der Waals surface area contributed by atoms with Crippen LogP contribution in [0, 0.1) is 5.92 Å². The Balaban J connectivity index is 3.77. The van der Waals surface area contributed by atoms with Gasteiger partial charge in [0.1, 0.15) is 0 Å². The van der Waals surface area contributed by atoms with Crippen molar-refractivity contribution in [3.05, 3.63) is 0 Å². The lowest BCUT2D eigenvalue weighted by atomic mass is 10.0. The molecule has 0 heterocycles. The number of carbonyl (C=O) groups excluding carboxylic acids is 1. The van der Waals surface area contributed by atoms with Crippen molar-refractivity contribution >= 4 is 5.91 Å². The third kappa shape index (κ3) is 8.16. The molecule has 17 heavy (non-hydrogen) atoms. The van der Waals surface area contributed by atoms with Gasteiger partial charge in [0, 0.05) is 12.1 Å². The van der Waals surface area contributed by atoms with Crippen LogP contribution in [0.5, 0.6) is 0 Å². The summed E-state index contributed by atoms with van der Waals surface area (Å²) in [6, 6.07) is 0. The van der Waals surface area contributed by atoms with Crippen molar-refractivity contribution in [3.8, 4) is 0 Å². The smallest absolute Gasteiger partial charge is 0.234 e. The van der Waals surface area contributed by atoms with Crippen molar-refractivity contribution < 1.29 is 9.90 Å². The molecule has 0 rings (SSSR count). The van der Waals surface area contributed by atoms with Crippen molar-refractivity contribution in [2.24, 2.45) is 5.92 Å². The molecule has 1 unspecified atom stereocenters. The highest BCUT2D eigenvalue weighted by atomic mass is 16.3. The molecular formula is C13H28N2O2. The lowest BCUT2D eigenvalue weighted by molar-refractivity contribution is -0.121. The molecule has 0 aromatic heterocycles. The summed E-state index contributed by atoms with van der Waals surface area (Å²) in [5, 5.41) is 15.0. The van der Waals surface area contributed by atoms with E-state index in [0.29, 0.717) is 12.5 Å². The molecule has 0 aliphatic heterocycles. The van der Waals surface area contributed by atoms with E-state index in [1.54, 1.807) is 0 Å². The summed E-state index contributed by atoms with van der Waals surface area (Å²) in [6.45, 7) is 9.55. The van der Waals surface area contributed by atoms with Crippen LogP contribution in [0.4, 0.5) is 0 Å². The average Bonchev–Trinajstić information content (AvgIpc) is 2.27. The van der Waals surface area contributed by atoms with Gasteiger partial charge < -0.3 is 15.7 Å². The number of aliphatic hydroxyl groups is 1. The van der Waals surface area contributed by atoms with Gasteiger partial charge >= 0.3 is 0 Å². The largest absolute Gasteiger partial charge is 0.396 e. The van der Waals surface area contributed by atoms with Gasteiger partial charge in [-0.25, -0.2) is 0 Å². The molecule has 0 fully saturated rings. The Morgan fingerprint density at radius 2 is 2.00 bits per heavy atom. The lowest BCUT2D eigenvalue weighted by Gasteiger charge is -2.24. The van der Waals surface area contributed by atoms with Gasteiger partial charge in [-0.05, 0) is 39.2 Å². The SMILES string of the molecule is CCC(CCO)CNCC(=O)NC(C)(C)CC. The Labute approximate surface area is 105 Å². The summed E-state index contributed by atoms with van der Waals surface area (Å²) in [4.78, 5) is 11.6. The Hall–Kier alpha value is -0.610. The highest BCUT2D eigenvalue weighted by molar-refractivity contribution is 5.78. The van der Waals surface area contributed by atoms with Crippen molar-refractivity contribution in [1.29, 1.82) is 0 Å². The Morgan fingerprint density at radius 1 is 1.35 bits per heavy atom. The van der Waals surface area contributed by atoms with Crippen molar-refractivity contribution in [3.63, 3.8) is 0 Å². The Bertz CT molecular complexity index is 217. The van der Waals surface area contributed by atoms with E-state index < -0.39 is 0 Å². The first-order valence-corrected chi connectivity index (χ1v) is 6.57. The molecular weight excluding hydrogens is 216 g/mol. The quantitative estimate of drug-likeness (QED) is 0.573. The van der Waals surface area contributed by atoms with E-state index in [9.17, 15) is 4.79 Å². The van der Waals surface area contributed by atoms with Crippen LogP contribution in [0.15, 0.2) is 0 Å². The van der Waals surface area contributed by atoms with Crippen molar-refractivity contribution in [1.82, 2.24) is 10.6 Å². The molecule has 0 bridgehead atoms. The van der Waals surface area contributed by atoms with E-state index in [-0.39, 0.29) is 18.1 Å². The molecule has 1 atom stereocenters. The zero-order valence-corrected chi connectivity index (χ0v) is 11.7. The molecule has 102 valence electrons. The summed E-state index contributed by atoms with van der Waals surface area (Å²) >= 11 is 0. The first-order chi connectivity index (χ1) is 7.95. The molecule has 0 radical (unpaired) electrons. The molecule has 0 spiro atoms. The van der Waals surface area contributed by atoms with E-state index in [1.165, 1.54) is 0 Å². The second kappa shape index (κ2) is 8.48. The Morgan fingerprint density at radius 3 is 2.47 bits per heavy atom. The fourth-order valence-electron chi connectivity index (χ4n) is 1.53. The lowest BCUT2D eigenvalue weighted by Crippen LogP contribution is -2.47. The topological polar surface area (TPSA) is 61.4 Å².